The maximum Gasteiger partial charge on any atom is 0.0361 e. The van der Waals surface area contributed by atoms with Crippen LogP contribution in [0.2, 0.25) is 0 Å². The Hall–Kier alpha value is -1.67. The summed E-state index contributed by atoms with van der Waals surface area (Å²) >= 11 is 0. The minimum absolute atomic E-state index is 0.0311. The van der Waals surface area contributed by atoms with Gasteiger partial charge in [-0.15, -0.1) is 0 Å². The fourth-order valence-corrected chi connectivity index (χ4v) is 1.84. The summed E-state index contributed by atoms with van der Waals surface area (Å²) in [4.78, 5) is 4.02. The van der Waals surface area contributed by atoms with Gasteiger partial charge in [0.25, 0.3) is 0 Å². The summed E-state index contributed by atoms with van der Waals surface area (Å²) in [6, 6.07) is 14.3. The fourth-order valence-electron chi connectivity index (χ4n) is 1.84. The lowest BCUT2D eigenvalue weighted by molar-refractivity contribution is 0.597. The molecule has 1 aromatic heterocycles. The van der Waals surface area contributed by atoms with Crippen LogP contribution in [0.15, 0.2) is 54.9 Å². The first kappa shape index (κ1) is 10.8. The molecule has 2 unspecified atom stereocenters. The maximum atomic E-state index is 6.25. The lowest BCUT2D eigenvalue weighted by Crippen LogP contribution is -2.17. The highest BCUT2D eigenvalue weighted by Gasteiger charge is 2.15. The van der Waals surface area contributed by atoms with E-state index < -0.39 is 0 Å². The van der Waals surface area contributed by atoms with E-state index in [0.29, 0.717) is 5.92 Å². The summed E-state index contributed by atoms with van der Waals surface area (Å²) in [7, 11) is 0. The number of hydrogen-bond acceptors (Lipinski definition) is 2. The van der Waals surface area contributed by atoms with Crippen LogP contribution in [0, 0.1) is 0 Å². The number of pyridine rings is 1. The summed E-state index contributed by atoms with van der Waals surface area (Å²) in [6.07, 6.45) is 3.62. The van der Waals surface area contributed by atoms with Crippen LogP contribution in [0.5, 0.6) is 0 Å². The van der Waals surface area contributed by atoms with Gasteiger partial charge < -0.3 is 5.73 Å². The van der Waals surface area contributed by atoms with Crippen molar-refractivity contribution < 1.29 is 0 Å². The van der Waals surface area contributed by atoms with Crippen molar-refractivity contribution >= 4 is 0 Å². The lowest BCUT2D eigenvalue weighted by atomic mass is 9.90. The average molecular weight is 212 g/mol. The van der Waals surface area contributed by atoms with Gasteiger partial charge in [-0.25, -0.2) is 0 Å². The molecule has 0 aliphatic heterocycles. The maximum absolute atomic E-state index is 6.25. The minimum atomic E-state index is 0.0311. The highest BCUT2D eigenvalue weighted by atomic mass is 14.7. The van der Waals surface area contributed by atoms with Crippen molar-refractivity contribution in [2.45, 2.75) is 18.9 Å². The van der Waals surface area contributed by atoms with Gasteiger partial charge in [0.15, 0.2) is 0 Å². The number of benzene rings is 1. The van der Waals surface area contributed by atoms with Gasteiger partial charge in [-0.2, -0.15) is 0 Å². The van der Waals surface area contributed by atoms with Crippen molar-refractivity contribution in [2.75, 3.05) is 0 Å². The van der Waals surface area contributed by atoms with Crippen molar-refractivity contribution in [3.8, 4) is 0 Å². The minimum Gasteiger partial charge on any atom is -0.323 e. The number of nitrogens with zero attached hydrogens (tertiary/aromatic N) is 1. The molecule has 0 saturated heterocycles. The SMILES string of the molecule is CC(c1ccncc1)C(N)c1ccccc1. The van der Waals surface area contributed by atoms with E-state index in [0.717, 1.165) is 0 Å². The molecule has 0 spiro atoms. The molecule has 0 saturated carbocycles. The second kappa shape index (κ2) is 4.90. The van der Waals surface area contributed by atoms with Crippen LogP contribution >= 0.6 is 0 Å². The Balaban J connectivity index is 2.20. The van der Waals surface area contributed by atoms with Crippen LogP contribution in [0.4, 0.5) is 0 Å². The zero-order valence-corrected chi connectivity index (χ0v) is 9.38. The normalized spacial score (nSPS) is 14.4. The summed E-state index contributed by atoms with van der Waals surface area (Å²) in [5, 5.41) is 0. The second-order valence-corrected chi connectivity index (χ2v) is 4.01. The summed E-state index contributed by atoms with van der Waals surface area (Å²) < 4.78 is 0. The second-order valence-electron chi connectivity index (χ2n) is 4.01. The first-order valence-electron chi connectivity index (χ1n) is 5.49. The van der Waals surface area contributed by atoms with Crippen LogP contribution < -0.4 is 5.73 Å². The molecule has 2 atom stereocenters. The Morgan fingerprint density at radius 3 is 2.19 bits per heavy atom. The van der Waals surface area contributed by atoms with Gasteiger partial charge in [-0.3, -0.25) is 4.98 Å². The van der Waals surface area contributed by atoms with Crippen molar-refractivity contribution in [3.63, 3.8) is 0 Å². The van der Waals surface area contributed by atoms with E-state index in [1.54, 1.807) is 0 Å². The molecule has 0 fully saturated rings. The molecule has 82 valence electrons. The van der Waals surface area contributed by atoms with Gasteiger partial charge in [0.2, 0.25) is 0 Å². The Morgan fingerprint density at radius 2 is 1.56 bits per heavy atom. The molecule has 0 amide bonds. The van der Waals surface area contributed by atoms with Crippen LogP contribution in [-0.2, 0) is 0 Å². The number of rotatable bonds is 3. The molecule has 0 aliphatic rings. The van der Waals surface area contributed by atoms with Crippen LogP contribution in [-0.4, -0.2) is 4.98 Å². The molecular weight excluding hydrogens is 196 g/mol. The first-order chi connectivity index (χ1) is 7.79. The van der Waals surface area contributed by atoms with Crippen LogP contribution in [0.25, 0.3) is 0 Å². The topological polar surface area (TPSA) is 38.9 Å². The van der Waals surface area contributed by atoms with E-state index in [4.69, 9.17) is 5.73 Å². The molecular formula is C14H16N2. The number of hydrogen-bond donors (Lipinski definition) is 1. The third kappa shape index (κ3) is 2.28. The van der Waals surface area contributed by atoms with E-state index in [1.807, 2.05) is 42.7 Å². The Morgan fingerprint density at radius 1 is 0.938 bits per heavy atom. The summed E-state index contributed by atoms with van der Waals surface area (Å²) in [5.41, 5.74) is 8.65. The number of nitrogens with two attached hydrogens (primary N) is 1. The highest BCUT2D eigenvalue weighted by Crippen LogP contribution is 2.27. The third-order valence-electron chi connectivity index (χ3n) is 2.96. The predicted molar refractivity (Wildman–Crippen MR) is 66.0 cm³/mol. The van der Waals surface area contributed by atoms with E-state index in [9.17, 15) is 0 Å². The molecule has 0 radical (unpaired) electrons. The van der Waals surface area contributed by atoms with Crippen molar-refractivity contribution in [1.82, 2.24) is 4.98 Å². The Bertz CT molecular complexity index is 382. The van der Waals surface area contributed by atoms with Gasteiger partial charge in [0, 0.05) is 24.4 Å². The van der Waals surface area contributed by atoms with E-state index in [-0.39, 0.29) is 6.04 Å². The summed E-state index contributed by atoms with van der Waals surface area (Å²) in [6.45, 7) is 2.15. The van der Waals surface area contributed by atoms with Gasteiger partial charge in [-0.1, -0.05) is 37.3 Å². The zero-order chi connectivity index (χ0) is 11.4. The van der Waals surface area contributed by atoms with E-state index in [1.165, 1.54) is 11.1 Å². The van der Waals surface area contributed by atoms with Crippen molar-refractivity contribution in [1.29, 1.82) is 0 Å². The van der Waals surface area contributed by atoms with E-state index in [2.05, 4.69) is 24.0 Å². The lowest BCUT2D eigenvalue weighted by Gasteiger charge is -2.20. The quantitative estimate of drug-likeness (QED) is 0.849. The van der Waals surface area contributed by atoms with Gasteiger partial charge in [0.1, 0.15) is 0 Å². The van der Waals surface area contributed by atoms with Crippen LogP contribution in [0.3, 0.4) is 0 Å². The molecule has 2 heteroatoms. The van der Waals surface area contributed by atoms with Crippen molar-refractivity contribution in [2.24, 2.45) is 5.73 Å². The molecule has 2 N–H and O–H groups in total. The van der Waals surface area contributed by atoms with Gasteiger partial charge in [-0.05, 0) is 23.3 Å². The van der Waals surface area contributed by atoms with Gasteiger partial charge >= 0.3 is 0 Å². The molecule has 16 heavy (non-hydrogen) atoms. The Labute approximate surface area is 96.1 Å². The largest absolute Gasteiger partial charge is 0.323 e. The fraction of sp³-hybridized carbons (Fsp3) is 0.214. The van der Waals surface area contributed by atoms with Crippen molar-refractivity contribution in [3.05, 3.63) is 66.0 Å². The monoisotopic (exact) mass is 212 g/mol. The summed E-state index contributed by atoms with van der Waals surface area (Å²) in [5.74, 6) is 0.297. The predicted octanol–water partition coefficient (Wildman–Crippen LogP) is 2.89. The molecule has 1 aromatic carbocycles. The molecule has 2 aromatic rings. The van der Waals surface area contributed by atoms with Gasteiger partial charge in [0.05, 0.1) is 0 Å². The van der Waals surface area contributed by atoms with E-state index >= 15 is 0 Å². The average Bonchev–Trinajstić information content (AvgIpc) is 2.39. The standard InChI is InChI=1S/C14H16N2/c1-11(12-7-9-16-10-8-12)14(15)13-5-3-2-4-6-13/h2-11,14H,15H2,1H3. The highest BCUT2D eigenvalue weighted by molar-refractivity contribution is 5.25. The molecule has 2 nitrogen and oxygen atoms in total. The first-order valence-corrected chi connectivity index (χ1v) is 5.49. The molecule has 2 rings (SSSR count). The number of aromatic nitrogens is 1. The molecule has 1 heterocycles. The zero-order valence-electron chi connectivity index (χ0n) is 9.38. The molecule has 0 bridgehead atoms. The van der Waals surface area contributed by atoms with Crippen LogP contribution in [0.1, 0.15) is 30.0 Å². The Kier molecular flexibility index (Phi) is 3.32. The molecule has 0 aliphatic carbocycles. The smallest absolute Gasteiger partial charge is 0.0361 e. The third-order valence-corrected chi connectivity index (χ3v) is 2.96.